The first kappa shape index (κ1) is 10.4. The number of hydrogen-bond acceptors (Lipinski definition) is 2. The zero-order chi connectivity index (χ0) is 12.6. The SMILES string of the molecule is NCc1cccc2[nH]c(C3C4C5CCC(C5)C34)nc12. The number of aromatic amines is 1. The monoisotopic (exact) mass is 253 g/mol. The number of benzene rings is 1. The molecule has 0 radical (unpaired) electrons. The molecular weight excluding hydrogens is 234 g/mol. The minimum absolute atomic E-state index is 0.574. The first-order valence-electron chi connectivity index (χ1n) is 7.54. The van der Waals surface area contributed by atoms with Gasteiger partial charge in [-0.1, -0.05) is 12.1 Å². The maximum absolute atomic E-state index is 5.81. The molecule has 3 nitrogen and oxygen atoms in total. The van der Waals surface area contributed by atoms with Gasteiger partial charge in [-0.15, -0.1) is 0 Å². The molecule has 1 heterocycles. The lowest BCUT2D eigenvalue weighted by atomic mass is 10.0. The molecule has 3 heteroatoms. The summed E-state index contributed by atoms with van der Waals surface area (Å²) in [5.41, 5.74) is 9.23. The van der Waals surface area contributed by atoms with Crippen LogP contribution in [0.3, 0.4) is 0 Å². The molecule has 0 spiro atoms. The van der Waals surface area contributed by atoms with Crippen molar-refractivity contribution < 1.29 is 0 Å². The Hall–Kier alpha value is -1.35. The second kappa shape index (κ2) is 3.40. The summed E-state index contributed by atoms with van der Waals surface area (Å²) in [5.74, 6) is 5.86. The number of rotatable bonds is 2. The van der Waals surface area contributed by atoms with Crippen LogP contribution in [0.25, 0.3) is 11.0 Å². The van der Waals surface area contributed by atoms with E-state index in [0.717, 1.165) is 46.2 Å². The highest BCUT2D eigenvalue weighted by molar-refractivity contribution is 5.79. The number of nitrogens with one attached hydrogen (secondary N) is 1. The van der Waals surface area contributed by atoms with E-state index in [1.165, 1.54) is 25.1 Å². The normalized spacial score (nSPS) is 38.9. The molecule has 0 saturated heterocycles. The fourth-order valence-electron chi connectivity index (χ4n) is 5.12. The first-order valence-corrected chi connectivity index (χ1v) is 7.54. The molecule has 4 unspecified atom stereocenters. The number of para-hydroxylation sites is 1. The minimum Gasteiger partial charge on any atom is -0.342 e. The molecule has 3 N–H and O–H groups in total. The molecule has 98 valence electrons. The van der Waals surface area contributed by atoms with Crippen molar-refractivity contribution in [3.05, 3.63) is 29.6 Å². The third kappa shape index (κ3) is 1.24. The van der Waals surface area contributed by atoms with Crippen LogP contribution in [0.5, 0.6) is 0 Å². The van der Waals surface area contributed by atoms with E-state index in [9.17, 15) is 0 Å². The van der Waals surface area contributed by atoms with E-state index >= 15 is 0 Å². The number of H-pyrrole nitrogens is 1. The molecule has 3 saturated carbocycles. The molecule has 19 heavy (non-hydrogen) atoms. The highest BCUT2D eigenvalue weighted by Gasteiger charge is 2.66. The third-order valence-corrected chi connectivity index (χ3v) is 5.89. The van der Waals surface area contributed by atoms with Crippen molar-refractivity contribution in [1.82, 2.24) is 9.97 Å². The van der Waals surface area contributed by atoms with Crippen molar-refractivity contribution in [1.29, 1.82) is 0 Å². The lowest BCUT2D eigenvalue weighted by Gasteiger charge is -2.05. The van der Waals surface area contributed by atoms with Crippen LogP contribution in [0.15, 0.2) is 18.2 Å². The summed E-state index contributed by atoms with van der Waals surface area (Å²) >= 11 is 0. The summed E-state index contributed by atoms with van der Waals surface area (Å²) in [6.45, 7) is 0.574. The molecule has 2 bridgehead atoms. The first-order chi connectivity index (χ1) is 9.36. The smallest absolute Gasteiger partial charge is 0.110 e. The zero-order valence-corrected chi connectivity index (χ0v) is 11.0. The zero-order valence-electron chi connectivity index (χ0n) is 11.0. The van der Waals surface area contributed by atoms with Gasteiger partial charge in [-0.2, -0.15) is 0 Å². The fourth-order valence-corrected chi connectivity index (χ4v) is 5.12. The standard InChI is InChI=1S/C16H19N3/c17-7-10-2-1-3-11-15(10)19-16(18-11)14-12-8-4-5-9(6-8)13(12)14/h1-3,8-9,12-14H,4-7,17H2,(H,18,19). The van der Waals surface area contributed by atoms with Gasteiger partial charge in [0, 0.05) is 12.5 Å². The van der Waals surface area contributed by atoms with Crippen molar-refractivity contribution in [3.63, 3.8) is 0 Å². The number of imidazole rings is 1. The highest BCUT2D eigenvalue weighted by Crippen LogP contribution is 2.72. The fraction of sp³-hybridized carbons (Fsp3) is 0.562. The minimum atomic E-state index is 0.574. The molecule has 4 atom stereocenters. The van der Waals surface area contributed by atoms with Crippen LogP contribution in [-0.2, 0) is 6.54 Å². The van der Waals surface area contributed by atoms with Gasteiger partial charge in [0.25, 0.3) is 0 Å². The Balaban J connectivity index is 1.57. The number of hydrogen-bond donors (Lipinski definition) is 2. The summed E-state index contributed by atoms with van der Waals surface area (Å²) in [7, 11) is 0. The van der Waals surface area contributed by atoms with E-state index in [0.29, 0.717) is 6.54 Å². The molecule has 5 rings (SSSR count). The van der Waals surface area contributed by atoms with Crippen LogP contribution in [-0.4, -0.2) is 9.97 Å². The van der Waals surface area contributed by atoms with Gasteiger partial charge in [-0.25, -0.2) is 4.98 Å². The van der Waals surface area contributed by atoms with Gasteiger partial charge < -0.3 is 10.7 Å². The van der Waals surface area contributed by atoms with Crippen molar-refractivity contribution in [3.8, 4) is 0 Å². The van der Waals surface area contributed by atoms with E-state index in [1.54, 1.807) is 0 Å². The van der Waals surface area contributed by atoms with E-state index in [1.807, 2.05) is 0 Å². The van der Waals surface area contributed by atoms with Gasteiger partial charge in [0.2, 0.25) is 0 Å². The number of nitrogens with zero attached hydrogens (tertiary/aromatic N) is 1. The van der Waals surface area contributed by atoms with Gasteiger partial charge in [-0.05, 0) is 54.6 Å². The molecule has 0 aliphatic heterocycles. The molecule has 2 aromatic rings. The summed E-state index contributed by atoms with van der Waals surface area (Å²) in [6.07, 6.45) is 4.44. The van der Waals surface area contributed by atoms with Gasteiger partial charge in [-0.3, -0.25) is 0 Å². The number of fused-ring (bicyclic) bond motifs is 6. The third-order valence-electron chi connectivity index (χ3n) is 5.89. The van der Waals surface area contributed by atoms with E-state index in [4.69, 9.17) is 10.7 Å². The Morgan fingerprint density at radius 2 is 2.00 bits per heavy atom. The van der Waals surface area contributed by atoms with Crippen LogP contribution in [0.4, 0.5) is 0 Å². The predicted octanol–water partition coefficient (Wildman–Crippen LogP) is 2.78. The van der Waals surface area contributed by atoms with Crippen molar-refractivity contribution >= 4 is 11.0 Å². The largest absolute Gasteiger partial charge is 0.342 e. The van der Waals surface area contributed by atoms with E-state index in [-0.39, 0.29) is 0 Å². The molecule has 1 aromatic carbocycles. The Morgan fingerprint density at radius 3 is 2.74 bits per heavy atom. The maximum atomic E-state index is 5.81. The average molecular weight is 253 g/mol. The lowest BCUT2D eigenvalue weighted by Crippen LogP contribution is -1.99. The van der Waals surface area contributed by atoms with Gasteiger partial charge in [0.15, 0.2) is 0 Å². The second-order valence-electron chi connectivity index (χ2n) is 6.65. The lowest BCUT2D eigenvalue weighted by molar-refractivity contribution is 0.456. The van der Waals surface area contributed by atoms with Gasteiger partial charge >= 0.3 is 0 Å². The quantitative estimate of drug-likeness (QED) is 0.864. The van der Waals surface area contributed by atoms with E-state index in [2.05, 4.69) is 23.2 Å². The van der Waals surface area contributed by atoms with Gasteiger partial charge in [0.05, 0.1) is 11.0 Å². The highest BCUT2D eigenvalue weighted by atomic mass is 15.0. The van der Waals surface area contributed by atoms with Crippen LogP contribution in [0.2, 0.25) is 0 Å². The Bertz CT molecular complexity index is 643. The number of aromatic nitrogens is 2. The molecule has 3 fully saturated rings. The van der Waals surface area contributed by atoms with Crippen LogP contribution in [0.1, 0.15) is 36.6 Å². The van der Waals surface area contributed by atoms with Crippen molar-refractivity contribution in [2.45, 2.75) is 31.7 Å². The molecule has 3 aliphatic rings. The van der Waals surface area contributed by atoms with Crippen LogP contribution >= 0.6 is 0 Å². The Morgan fingerprint density at radius 1 is 1.21 bits per heavy atom. The van der Waals surface area contributed by atoms with E-state index < -0.39 is 0 Å². The second-order valence-corrected chi connectivity index (χ2v) is 6.65. The van der Waals surface area contributed by atoms with Crippen LogP contribution in [0, 0.1) is 23.7 Å². The Labute approximate surface area is 112 Å². The van der Waals surface area contributed by atoms with Crippen molar-refractivity contribution in [2.75, 3.05) is 0 Å². The average Bonchev–Trinajstić information content (AvgIpc) is 2.83. The summed E-state index contributed by atoms with van der Waals surface area (Å²) < 4.78 is 0. The molecule has 0 amide bonds. The van der Waals surface area contributed by atoms with Gasteiger partial charge in [0.1, 0.15) is 5.82 Å². The summed E-state index contributed by atoms with van der Waals surface area (Å²) in [4.78, 5) is 8.45. The Kier molecular flexibility index (Phi) is 1.87. The summed E-state index contributed by atoms with van der Waals surface area (Å²) in [6, 6.07) is 6.28. The summed E-state index contributed by atoms with van der Waals surface area (Å²) in [5, 5.41) is 0. The van der Waals surface area contributed by atoms with Crippen LogP contribution < -0.4 is 5.73 Å². The number of nitrogens with two attached hydrogens (primary N) is 1. The molecule has 3 aliphatic carbocycles. The van der Waals surface area contributed by atoms with Crippen molar-refractivity contribution in [2.24, 2.45) is 29.4 Å². The predicted molar refractivity (Wildman–Crippen MR) is 74.5 cm³/mol. The molecular formula is C16H19N3. The topological polar surface area (TPSA) is 54.7 Å². The maximum Gasteiger partial charge on any atom is 0.110 e. The molecule has 1 aromatic heterocycles.